The number of aromatic nitrogens is 2. The Labute approximate surface area is 160 Å². The molecule has 2 fully saturated rings. The van der Waals surface area contributed by atoms with Gasteiger partial charge >= 0.3 is 0 Å². The number of rotatable bonds is 3. The van der Waals surface area contributed by atoms with Gasteiger partial charge in [0, 0.05) is 45.5 Å². The van der Waals surface area contributed by atoms with Crippen LogP contribution in [0.25, 0.3) is 0 Å². The van der Waals surface area contributed by atoms with Gasteiger partial charge in [0.15, 0.2) is 0 Å². The number of pyridine rings is 2. The van der Waals surface area contributed by atoms with Crippen molar-refractivity contribution in [3.05, 3.63) is 48.4 Å². The highest BCUT2D eigenvalue weighted by atomic mass is 16.2. The predicted molar refractivity (Wildman–Crippen MR) is 107 cm³/mol. The summed E-state index contributed by atoms with van der Waals surface area (Å²) in [5.74, 6) is 1.81. The molecule has 0 atom stereocenters. The van der Waals surface area contributed by atoms with E-state index >= 15 is 0 Å². The second kappa shape index (κ2) is 7.94. The van der Waals surface area contributed by atoms with Gasteiger partial charge in [-0.3, -0.25) is 4.79 Å². The first-order valence-corrected chi connectivity index (χ1v) is 9.87. The molecule has 0 aromatic carbocycles. The Morgan fingerprint density at radius 2 is 1.67 bits per heavy atom. The van der Waals surface area contributed by atoms with Gasteiger partial charge in [0.05, 0.1) is 11.9 Å². The number of hydrogen-bond acceptors (Lipinski definition) is 5. The molecule has 2 aliphatic rings. The van der Waals surface area contributed by atoms with E-state index in [1.165, 1.54) is 0 Å². The summed E-state index contributed by atoms with van der Waals surface area (Å²) in [5.41, 5.74) is 1.64. The van der Waals surface area contributed by atoms with E-state index < -0.39 is 0 Å². The second-order valence-electron chi connectivity index (χ2n) is 7.54. The molecule has 2 aromatic rings. The fraction of sp³-hybridized carbons (Fsp3) is 0.476. The van der Waals surface area contributed by atoms with E-state index in [1.54, 1.807) is 0 Å². The van der Waals surface area contributed by atoms with Gasteiger partial charge in [-0.1, -0.05) is 13.0 Å². The average Bonchev–Trinajstić information content (AvgIpc) is 2.75. The Morgan fingerprint density at radius 3 is 2.30 bits per heavy atom. The molecule has 0 unspecified atom stereocenters. The molecule has 2 aliphatic heterocycles. The highest BCUT2D eigenvalue weighted by Gasteiger charge is 2.23. The fourth-order valence-electron chi connectivity index (χ4n) is 3.81. The molecule has 0 N–H and O–H groups in total. The Balaban J connectivity index is 1.35. The number of nitrogens with zero attached hydrogens (tertiary/aromatic N) is 5. The van der Waals surface area contributed by atoms with Crippen molar-refractivity contribution in [2.75, 3.05) is 49.1 Å². The first kappa shape index (κ1) is 17.8. The Hall–Kier alpha value is -2.63. The minimum absolute atomic E-state index is 0.0634. The number of carbonyl (C=O) groups is 1. The number of amides is 1. The van der Waals surface area contributed by atoms with Crippen LogP contribution in [-0.4, -0.2) is 60.0 Å². The van der Waals surface area contributed by atoms with Crippen LogP contribution in [0.4, 0.5) is 11.5 Å². The normalized spacial score (nSPS) is 18.6. The summed E-state index contributed by atoms with van der Waals surface area (Å²) in [4.78, 5) is 28.1. The summed E-state index contributed by atoms with van der Waals surface area (Å²) >= 11 is 0. The molecule has 4 heterocycles. The standard InChI is InChI=1S/C21H27N5O/c1-17-7-10-26(11-8-17)21(27)19-6-5-18(16-23-19)24-12-14-25(15-13-24)20-4-2-3-9-22-20/h2-6,9,16-17H,7-8,10-15H2,1H3. The summed E-state index contributed by atoms with van der Waals surface area (Å²) in [6, 6.07) is 9.93. The quantitative estimate of drug-likeness (QED) is 0.837. The Bertz CT molecular complexity index is 748. The minimum Gasteiger partial charge on any atom is -0.367 e. The first-order valence-electron chi connectivity index (χ1n) is 9.87. The Morgan fingerprint density at radius 1 is 0.926 bits per heavy atom. The molecule has 0 spiro atoms. The summed E-state index contributed by atoms with van der Waals surface area (Å²) in [6.45, 7) is 7.67. The molecule has 0 aliphatic carbocycles. The number of likely N-dealkylation sites (tertiary alicyclic amines) is 1. The topological polar surface area (TPSA) is 52.6 Å². The third kappa shape index (κ3) is 4.04. The molecular formula is C21H27N5O. The molecule has 6 heteroatoms. The Kier molecular flexibility index (Phi) is 5.23. The van der Waals surface area contributed by atoms with Crippen LogP contribution in [0.3, 0.4) is 0 Å². The SMILES string of the molecule is CC1CCN(C(=O)c2ccc(N3CCN(c4ccccn4)CC3)cn2)CC1. The summed E-state index contributed by atoms with van der Waals surface area (Å²) in [7, 11) is 0. The van der Waals surface area contributed by atoms with Crippen LogP contribution in [0.2, 0.25) is 0 Å². The zero-order valence-corrected chi connectivity index (χ0v) is 15.9. The molecule has 142 valence electrons. The number of anilines is 2. The van der Waals surface area contributed by atoms with E-state index in [1.807, 2.05) is 41.6 Å². The van der Waals surface area contributed by atoms with Gasteiger partial charge in [-0.05, 0) is 43.0 Å². The smallest absolute Gasteiger partial charge is 0.272 e. The van der Waals surface area contributed by atoms with E-state index in [4.69, 9.17) is 0 Å². The molecule has 2 saturated heterocycles. The average molecular weight is 365 g/mol. The zero-order chi connectivity index (χ0) is 18.6. The van der Waals surface area contributed by atoms with Crippen molar-refractivity contribution in [3.63, 3.8) is 0 Å². The molecular weight excluding hydrogens is 338 g/mol. The maximum atomic E-state index is 12.6. The molecule has 0 radical (unpaired) electrons. The van der Waals surface area contributed by atoms with Gasteiger partial charge in [-0.15, -0.1) is 0 Å². The maximum Gasteiger partial charge on any atom is 0.272 e. The van der Waals surface area contributed by atoms with Crippen LogP contribution in [0.15, 0.2) is 42.7 Å². The van der Waals surface area contributed by atoms with Crippen LogP contribution in [-0.2, 0) is 0 Å². The maximum absolute atomic E-state index is 12.6. The lowest BCUT2D eigenvalue weighted by Gasteiger charge is -2.36. The number of hydrogen-bond donors (Lipinski definition) is 0. The highest BCUT2D eigenvalue weighted by Crippen LogP contribution is 2.21. The fourth-order valence-corrected chi connectivity index (χ4v) is 3.81. The second-order valence-corrected chi connectivity index (χ2v) is 7.54. The molecule has 1 amide bonds. The van der Waals surface area contributed by atoms with Crippen molar-refractivity contribution in [3.8, 4) is 0 Å². The molecule has 0 bridgehead atoms. The van der Waals surface area contributed by atoms with Gasteiger partial charge in [-0.25, -0.2) is 9.97 Å². The number of carbonyl (C=O) groups excluding carboxylic acids is 1. The van der Waals surface area contributed by atoms with E-state index in [2.05, 4.69) is 32.8 Å². The lowest BCUT2D eigenvalue weighted by molar-refractivity contribution is 0.0691. The third-order valence-electron chi connectivity index (χ3n) is 5.66. The van der Waals surface area contributed by atoms with Crippen LogP contribution in [0, 0.1) is 5.92 Å². The number of piperidine rings is 1. The molecule has 6 nitrogen and oxygen atoms in total. The summed E-state index contributed by atoms with van der Waals surface area (Å²) in [5, 5.41) is 0. The monoisotopic (exact) mass is 365 g/mol. The summed E-state index contributed by atoms with van der Waals surface area (Å²) in [6.07, 6.45) is 5.86. The lowest BCUT2D eigenvalue weighted by Crippen LogP contribution is -2.46. The molecule has 0 saturated carbocycles. The van der Waals surface area contributed by atoms with Gasteiger partial charge in [0.25, 0.3) is 5.91 Å². The van der Waals surface area contributed by atoms with Crippen LogP contribution in [0.1, 0.15) is 30.3 Å². The van der Waals surface area contributed by atoms with Gasteiger partial charge < -0.3 is 14.7 Å². The predicted octanol–water partition coefficient (Wildman–Crippen LogP) is 2.68. The molecule has 27 heavy (non-hydrogen) atoms. The largest absolute Gasteiger partial charge is 0.367 e. The van der Waals surface area contributed by atoms with Crippen LogP contribution in [0.5, 0.6) is 0 Å². The molecule has 2 aromatic heterocycles. The van der Waals surface area contributed by atoms with E-state index in [-0.39, 0.29) is 5.91 Å². The van der Waals surface area contributed by atoms with Crippen molar-refractivity contribution < 1.29 is 4.79 Å². The van der Waals surface area contributed by atoms with Gasteiger partial charge in [0.2, 0.25) is 0 Å². The lowest BCUT2D eigenvalue weighted by atomic mass is 9.99. The van der Waals surface area contributed by atoms with Crippen molar-refractivity contribution in [1.29, 1.82) is 0 Å². The van der Waals surface area contributed by atoms with E-state index in [0.29, 0.717) is 11.6 Å². The van der Waals surface area contributed by atoms with Crippen molar-refractivity contribution >= 4 is 17.4 Å². The van der Waals surface area contributed by atoms with Crippen molar-refractivity contribution in [2.24, 2.45) is 5.92 Å². The van der Waals surface area contributed by atoms with Crippen molar-refractivity contribution in [1.82, 2.24) is 14.9 Å². The number of piperazine rings is 1. The van der Waals surface area contributed by atoms with Crippen molar-refractivity contribution in [2.45, 2.75) is 19.8 Å². The van der Waals surface area contributed by atoms with Crippen LogP contribution >= 0.6 is 0 Å². The van der Waals surface area contributed by atoms with Gasteiger partial charge in [0.1, 0.15) is 11.5 Å². The van der Waals surface area contributed by atoms with E-state index in [9.17, 15) is 4.79 Å². The summed E-state index contributed by atoms with van der Waals surface area (Å²) < 4.78 is 0. The van der Waals surface area contributed by atoms with E-state index in [0.717, 1.165) is 63.6 Å². The highest BCUT2D eigenvalue weighted by molar-refractivity contribution is 5.92. The molecule has 4 rings (SSSR count). The first-order chi connectivity index (χ1) is 13.2. The zero-order valence-electron chi connectivity index (χ0n) is 15.9. The van der Waals surface area contributed by atoms with Gasteiger partial charge in [-0.2, -0.15) is 0 Å². The van der Waals surface area contributed by atoms with Crippen LogP contribution < -0.4 is 9.80 Å². The third-order valence-corrected chi connectivity index (χ3v) is 5.66. The minimum atomic E-state index is 0.0634.